The molecule has 0 saturated carbocycles. The molecule has 1 N–H and O–H groups in total. The van der Waals surface area contributed by atoms with E-state index in [4.69, 9.17) is 0 Å². The van der Waals surface area contributed by atoms with Gasteiger partial charge < -0.3 is 10.2 Å². The second-order valence-corrected chi connectivity index (χ2v) is 8.59. The van der Waals surface area contributed by atoms with Crippen LogP contribution in [0.5, 0.6) is 0 Å². The molecule has 1 aromatic rings. The molecular formula is C16H26N4O2S2. The van der Waals surface area contributed by atoms with Gasteiger partial charge in [0.15, 0.2) is 4.34 Å². The summed E-state index contributed by atoms with van der Waals surface area (Å²) in [7, 11) is 0. The SMILES string of the molecule is CC[C@H](C)C(=O)Nc1nnc(SCC(=O)N2[C@H](C)CCC[C@H]2C)s1. The Hall–Kier alpha value is -1.15. The minimum atomic E-state index is -0.0475. The number of carbonyl (C=O) groups excluding carboxylic acids is 2. The molecule has 0 unspecified atom stereocenters. The van der Waals surface area contributed by atoms with Crippen molar-refractivity contribution in [1.82, 2.24) is 15.1 Å². The molecule has 2 heterocycles. The van der Waals surface area contributed by atoms with E-state index in [2.05, 4.69) is 29.4 Å². The van der Waals surface area contributed by atoms with Gasteiger partial charge in [0, 0.05) is 18.0 Å². The van der Waals surface area contributed by atoms with Crippen molar-refractivity contribution in [3.05, 3.63) is 0 Å². The highest BCUT2D eigenvalue weighted by atomic mass is 32.2. The zero-order valence-electron chi connectivity index (χ0n) is 14.7. The lowest BCUT2D eigenvalue weighted by molar-refractivity contribution is -0.134. The van der Waals surface area contributed by atoms with Crippen LogP contribution >= 0.6 is 23.1 Å². The van der Waals surface area contributed by atoms with Crippen LogP contribution in [0.4, 0.5) is 5.13 Å². The van der Waals surface area contributed by atoms with E-state index in [0.29, 0.717) is 27.3 Å². The fourth-order valence-electron chi connectivity index (χ4n) is 2.84. The standard InChI is InChI=1S/C16H26N4O2S2/c1-5-10(2)14(22)17-15-18-19-16(24-15)23-9-13(21)20-11(3)7-6-8-12(20)4/h10-12H,5-9H2,1-4H3,(H,17,18,22)/t10-,11+,12+/m0/s1. The van der Waals surface area contributed by atoms with E-state index in [1.54, 1.807) is 0 Å². The molecule has 1 aliphatic rings. The molecule has 8 heteroatoms. The van der Waals surface area contributed by atoms with Gasteiger partial charge in [-0.2, -0.15) is 0 Å². The molecule has 2 amide bonds. The molecule has 1 aromatic heterocycles. The Labute approximate surface area is 151 Å². The average molecular weight is 371 g/mol. The van der Waals surface area contributed by atoms with E-state index in [0.717, 1.165) is 19.3 Å². The minimum Gasteiger partial charge on any atom is -0.337 e. The number of hydrogen-bond donors (Lipinski definition) is 1. The van der Waals surface area contributed by atoms with Crippen molar-refractivity contribution >= 4 is 40.0 Å². The first-order chi connectivity index (χ1) is 11.4. The monoisotopic (exact) mass is 370 g/mol. The molecule has 24 heavy (non-hydrogen) atoms. The Morgan fingerprint density at radius 2 is 2.00 bits per heavy atom. The molecule has 0 bridgehead atoms. The van der Waals surface area contributed by atoms with Crippen LogP contribution in [0.15, 0.2) is 4.34 Å². The minimum absolute atomic E-state index is 0.0442. The van der Waals surface area contributed by atoms with Gasteiger partial charge in [0.25, 0.3) is 0 Å². The van der Waals surface area contributed by atoms with Gasteiger partial charge in [-0.05, 0) is 39.5 Å². The maximum atomic E-state index is 12.5. The molecule has 1 saturated heterocycles. The van der Waals surface area contributed by atoms with Gasteiger partial charge >= 0.3 is 0 Å². The van der Waals surface area contributed by atoms with Crippen molar-refractivity contribution in [1.29, 1.82) is 0 Å². The lowest BCUT2D eigenvalue weighted by atomic mass is 9.98. The third-order valence-electron chi connectivity index (χ3n) is 4.50. The summed E-state index contributed by atoms with van der Waals surface area (Å²) in [6, 6.07) is 0.614. The van der Waals surface area contributed by atoms with Crippen molar-refractivity contribution in [2.45, 2.75) is 69.8 Å². The number of thioether (sulfide) groups is 1. The van der Waals surface area contributed by atoms with Crippen molar-refractivity contribution in [2.75, 3.05) is 11.1 Å². The Kier molecular flexibility index (Phi) is 7.03. The van der Waals surface area contributed by atoms with Crippen LogP contribution in [-0.4, -0.2) is 44.7 Å². The second kappa shape index (κ2) is 8.80. The molecule has 1 fully saturated rings. The largest absolute Gasteiger partial charge is 0.337 e. The average Bonchev–Trinajstić information content (AvgIpc) is 2.99. The third-order valence-corrected chi connectivity index (χ3v) is 6.45. The molecule has 3 atom stereocenters. The number of anilines is 1. The third kappa shape index (κ3) is 4.92. The summed E-state index contributed by atoms with van der Waals surface area (Å²) in [4.78, 5) is 26.4. The van der Waals surface area contributed by atoms with Gasteiger partial charge in [-0.25, -0.2) is 0 Å². The molecule has 1 aliphatic heterocycles. The van der Waals surface area contributed by atoms with E-state index >= 15 is 0 Å². The summed E-state index contributed by atoms with van der Waals surface area (Å²) in [5.74, 6) is 0.425. The van der Waals surface area contributed by atoms with E-state index in [1.165, 1.54) is 29.5 Å². The first-order valence-electron chi connectivity index (χ1n) is 8.50. The Bertz CT molecular complexity index is 568. The number of aromatic nitrogens is 2. The summed E-state index contributed by atoms with van der Waals surface area (Å²) in [5.41, 5.74) is 0. The number of hydrogen-bond acceptors (Lipinski definition) is 6. The number of nitrogens with one attached hydrogen (secondary N) is 1. The van der Waals surface area contributed by atoms with Crippen molar-refractivity contribution in [3.63, 3.8) is 0 Å². The Balaban J connectivity index is 1.86. The predicted octanol–water partition coefficient (Wildman–Crippen LogP) is 3.40. The highest BCUT2D eigenvalue weighted by Crippen LogP contribution is 2.28. The van der Waals surface area contributed by atoms with Crippen LogP contribution < -0.4 is 5.32 Å². The lowest BCUT2D eigenvalue weighted by Crippen LogP contribution is -2.48. The van der Waals surface area contributed by atoms with Crippen LogP contribution in [0, 0.1) is 5.92 Å². The molecule has 0 aromatic carbocycles. The fraction of sp³-hybridized carbons (Fsp3) is 0.750. The summed E-state index contributed by atoms with van der Waals surface area (Å²) in [6.45, 7) is 8.09. The van der Waals surface area contributed by atoms with Crippen LogP contribution in [0.2, 0.25) is 0 Å². The van der Waals surface area contributed by atoms with Crippen molar-refractivity contribution in [2.24, 2.45) is 5.92 Å². The molecule has 134 valence electrons. The smallest absolute Gasteiger partial charge is 0.233 e. The Morgan fingerprint density at radius 1 is 1.33 bits per heavy atom. The molecule has 0 radical (unpaired) electrons. The summed E-state index contributed by atoms with van der Waals surface area (Å²) in [5, 5.41) is 11.3. The lowest BCUT2D eigenvalue weighted by Gasteiger charge is -2.39. The van der Waals surface area contributed by atoms with E-state index in [-0.39, 0.29) is 17.7 Å². The van der Waals surface area contributed by atoms with Crippen LogP contribution in [0.3, 0.4) is 0 Å². The first-order valence-corrected chi connectivity index (χ1v) is 10.3. The summed E-state index contributed by atoms with van der Waals surface area (Å²) in [6.07, 6.45) is 4.12. The molecule has 0 aliphatic carbocycles. The number of carbonyl (C=O) groups is 2. The van der Waals surface area contributed by atoms with Crippen LogP contribution in [-0.2, 0) is 9.59 Å². The molecule has 2 rings (SSSR count). The topological polar surface area (TPSA) is 75.2 Å². The van der Waals surface area contributed by atoms with Crippen molar-refractivity contribution < 1.29 is 9.59 Å². The van der Waals surface area contributed by atoms with E-state index in [9.17, 15) is 9.59 Å². The number of amides is 2. The zero-order valence-corrected chi connectivity index (χ0v) is 16.4. The van der Waals surface area contributed by atoms with Crippen LogP contribution in [0.25, 0.3) is 0 Å². The van der Waals surface area contributed by atoms with Crippen LogP contribution in [0.1, 0.15) is 53.4 Å². The van der Waals surface area contributed by atoms with E-state index < -0.39 is 0 Å². The summed E-state index contributed by atoms with van der Waals surface area (Å²) < 4.78 is 0.708. The normalized spacial score (nSPS) is 22.2. The zero-order chi connectivity index (χ0) is 17.7. The predicted molar refractivity (Wildman–Crippen MR) is 98.3 cm³/mol. The van der Waals surface area contributed by atoms with Gasteiger partial charge in [0.05, 0.1) is 5.75 Å². The highest BCUT2D eigenvalue weighted by Gasteiger charge is 2.28. The first kappa shape index (κ1) is 19.2. The Morgan fingerprint density at radius 3 is 2.62 bits per heavy atom. The van der Waals surface area contributed by atoms with Gasteiger partial charge in [-0.15, -0.1) is 10.2 Å². The number of rotatable bonds is 6. The molecular weight excluding hydrogens is 344 g/mol. The van der Waals surface area contributed by atoms with Gasteiger partial charge in [0.1, 0.15) is 0 Å². The van der Waals surface area contributed by atoms with Gasteiger partial charge in [0.2, 0.25) is 16.9 Å². The number of likely N-dealkylation sites (tertiary alicyclic amines) is 1. The second-order valence-electron chi connectivity index (χ2n) is 6.39. The van der Waals surface area contributed by atoms with Gasteiger partial charge in [-0.3, -0.25) is 9.59 Å². The fourth-order valence-corrected chi connectivity index (χ4v) is 4.47. The number of piperidine rings is 1. The maximum Gasteiger partial charge on any atom is 0.233 e. The maximum absolute atomic E-state index is 12.5. The summed E-state index contributed by atoms with van der Waals surface area (Å²) >= 11 is 2.71. The van der Waals surface area contributed by atoms with Crippen molar-refractivity contribution in [3.8, 4) is 0 Å². The highest BCUT2D eigenvalue weighted by molar-refractivity contribution is 8.01. The van der Waals surface area contributed by atoms with E-state index in [1.807, 2.05) is 18.7 Å². The van der Waals surface area contributed by atoms with Gasteiger partial charge in [-0.1, -0.05) is 36.9 Å². The number of nitrogens with zero attached hydrogens (tertiary/aromatic N) is 3. The quantitative estimate of drug-likeness (QED) is 0.613. The molecule has 6 nitrogen and oxygen atoms in total. The molecule has 0 spiro atoms.